The second-order valence-electron chi connectivity index (χ2n) is 6.35. The Hall–Kier alpha value is -2.61. The monoisotopic (exact) mass is 410 g/mol. The van der Waals surface area contributed by atoms with Gasteiger partial charge in [0.05, 0.1) is 0 Å². The van der Waals surface area contributed by atoms with E-state index in [-0.39, 0.29) is 17.5 Å². The summed E-state index contributed by atoms with van der Waals surface area (Å²) in [4.78, 5) is 23.3. The van der Waals surface area contributed by atoms with Gasteiger partial charge in [0.25, 0.3) is 0 Å². The van der Waals surface area contributed by atoms with E-state index in [4.69, 9.17) is 11.6 Å². The lowest BCUT2D eigenvalue weighted by Crippen LogP contribution is -2.48. The van der Waals surface area contributed by atoms with Gasteiger partial charge < -0.3 is 9.80 Å². The number of benzene rings is 1. The topological polar surface area (TPSA) is 49.3 Å². The van der Waals surface area contributed by atoms with E-state index in [1.54, 1.807) is 40.1 Å². The number of anilines is 1. The number of alkyl halides is 3. The molecule has 1 fully saturated rings. The molecule has 0 spiro atoms. The molecule has 148 valence electrons. The third-order valence-electron chi connectivity index (χ3n) is 4.32. The molecule has 5 nitrogen and oxygen atoms in total. The van der Waals surface area contributed by atoms with Crippen molar-refractivity contribution in [2.75, 3.05) is 31.1 Å². The second-order valence-corrected chi connectivity index (χ2v) is 6.79. The first-order chi connectivity index (χ1) is 13.2. The molecule has 1 saturated heterocycles. The SMILES string of the molecule is Cc1nc(N2CCN(C(=O)C=Cc3ccc(Cl)cc3)CC2)cc(C(F)(F)F)n1. The number of piperazine rings is 1. The number of carbonyl (C=O) groups is 1. The summed E-state index contributed by atoms with van der Waals surface area (Å²) in [6.07, 6.45) is -1.34. The predicted octanol–water partition coefficient (Wildman–Crippen LogP) is 3.82. The van der Waals surface area contributed by atoms with Crippen molar-refractivity contribution in [2.45, 2.75) is 13.1 Å². The lowest BCUT2D eigenvalue weighted by atomic mass is 10.2. The van der Waals surface area contributed by atoms with Crippen LogP contribution in [0.25, 0.3) is 6.08 Å². The third-order valence-corrected chi connectivity index (χ3v) is 4.57. The third kappa shape index (κ3) is 5.01. The number of aromatic nitrogens is 2. The maximum Gasteiger partial charge on any atom is 0.433 e. The van der Waals surface area contributed by atoms with Crippen LogP contribution >= 0.6 is 11.6 Å². The molecule has 1 aliphatic heterocycles. The molecular weight excluding hydrogens is 393 g/mol. The molecule has 1 aromatic heterocycles. The molecule has 0 aliphatic carbocycles. The molecule has 9 heteroatoms. The minimum atomic E-state index is -4.52. The summed E-state index contributed by atoms with van der Waals surface area (Å²) in [6.45, 7) is 3.02. The normalized spacial score (nSPS) is 15.3. The summed E-state index contributed by atoms with van der Waals surface area (Å²) in [5.41, 5.74) is -0.105. The molecule has 1 aromatic carbocycles. The molecule has 1 aliphatic rings. The zero-order valence-electron chi connectivity index (χ0n) is 15.1. The molecule has 0 unspecified atom stereocenters. The van der Waals surface area contributed by atoms with Crippen LogP contribution in [-0.2, 0) is 11.0 Å². The number of nitrogens with zero attached hydrogens (tertiary/aromatic N) is 4. The van der Waals surface area contributed by atoms with Crippen LogP contribution in [0.4, 0.5) is 19.0 Å². The molecule has 2 aromatic rings. The van der Waals surface area contributed by atoms with Gasteiger partial charge in [-0.2, -0.15) is 13.2 Å². The molecule has 0 bridgehead atoms. The average molecular weight is 411 g/mol. The van der Waals surface area contributed by atoms with Crippen molar-refractivity contribution < 1.29 is 18.0 Å². The van der Waals surface area contributed by atoms with Gasteiger partial charge in [-0.1, -0.05) is 23.7 Å². The molecular formula is C19H18ClF3N4O. The number of hydrogen-bond donors (Lipinski definition) is 0. The molecule has 3 rings (SSSR count). The van der Waals surface area contributed by atoms with Crippen LogP contribution in [0.3, 0.4) is 0 Å². The van der Waals surface area contributed by atoms with Crippen LogP contribution in [0.5, 0.6) is 0 Å². The average Bonchev–Trinajstić information content (AvgIpc) is 2.66. The summed E-state index contributed by atoms with van der Waals surface area (Å²) in [6, 6.07) is 8.04. The Bertz CT molecular complexity index is 876. The van der Waals surface area contributed by atoms with E-state index in [9.17, 15) is 18.0 Å². The van der Waals surface area contributed by atoms with Gasteiger partial charge in [0.1, 0.15) is 17.3 Å². The van der Waals surface area contributed by atoms with Gasteiger partial charge in [-0.25, -0.2) is 9.97 Å². The number of hydrogen-bond acceptors (Lipinski definition) is 4. The smallest absolute Gasteiger partial charge is 0.353 e. The van der Waals surface area contributed by atoms with Crippen LogP contribution in [0.15, 0.2) is 36.4 Å². The Morgan fingerprint density at radius 1 is 1.11 bits per heavy atom. The molecule has 1 amide bonds. The van der Waals surface area contributed by atoms with Crippen LogP contribution in [-0.4, -0.2) is 47.0 Å². The summed E-state index contributed by atoms with van der Waals surface area (Å²) in [7, 11) is 0. The lowest BCUT2D eigenvalue weighted by molar-refractivity contribution is -0.141. The summed E-state index contributed by atoms with van der Waals surface area (Å²) in [5, 5.41) is 0.619. The van der Waals surface area contributed by atoms with Crippen molar-refractivity contribution in [2.24, 2.45) is 0 Å². The van der Waals surface area contributed by atoms with Gasteiger partial charge >= 0.3 is 6.18 Å². The quantitative estimate of drug-likeness (QED) is 0.722. The van der Waals surface area contributed by atoms with E-state index in [2.05, 4.69) is 9.97 Å². The highest BCUT2D eigenvalue weighted by Crippen LogP contribution is 2.29. The summed E-state index contributed by atoms with van der Waals surface area (Å²) in [5.74, 6) is 0.141. The Labute approximate surface area is 165 Å². The molecule has 0 atom stereocenters. The van der Waals surface area contributed by atoms with Gasteiger partial charge in [-0.05, 0) is 30.7 Å². The lowest BCUT2D eigenvalue weighted by Gasteiger charge is -2.35. The van der Waals surface area contributed by atoms with Crippen molar-refractivity contribution in [3.05, 3.63) is 58.5 Å². The van der Waals surface area contributed by atoms with Gasteiger partial charge in [-0.15, -0.1) is 0 Å². The van der Waals surface area contributed by atoms with Crippen LogP contribution in [0, 0.1) is 6.92 Å². The molecule has 0 saturated carbocycles. The van der Waals surface area contributed by atoms with Crippen molar-refractivity contribution >= 4 is 29.4 Å². The van der Waals surface area contributed by atoms with Crippen LogP contribution in [0.2, 0.25) is 5.02 Å². The van der Waals surface area contributed by atoms with E-state index in [1.807, 2.05) is 0 Å². The maximum atomic E-state index is 13.0. The van der Waals surface area contributed by atoms with E-state index >= 15 is 0 Å². The van der Waals surface area contributed by atoms with Crippen molar-refractivity contribution in [1.82, 2.24) is 14.9 Å². The van der Waals surface area contributed by atoms with Crippen molar-refractivity contribution in [3.8, 4) is 0 Å². The van der Waals surface area contributed by atoms with E-state index in [1.165, 1.54) is 13.0 Å². The van der Waals surface area contributed by atoms with E-state index in [0.29, 0.717) is 31.2 Å². The fourth-order valence-corrected chi connectivity index (χ4v) is 2.99. The van der Waals surface area contributed by atoms with Gasteiger partial charge in [-0.3, -0.25) is 4.79 Å². The van der Waals surface area contributed by atoms with Crippen LogP contribution < -0.4 is 4.90 Å². The molecule has 2 heterocycles. The first-order valence-corrected chi connectivity index (χ1v) is 9.00. The Balaban J connectivity index is 1.62. The number of carbonyl (C=O) groups excluding carboxylic acids is 1. The standard InChI is InChI=1S/C19H18ClF3N4O/c1-13-24-16(19(21,22)23)12-17(25-13)26-8-10-27(11-9-26)18(28)7-4-14-2-5-15(20)6-3-14/h2-7,12H,8-11H2,1H3. The predicted molar refractivity (Wildman–Crippen MR) is 101 cm³/mol. The van der Waals surface area contributed by atoms with Crippen LogP contribution in [0.1, 0.15) is 17.1 Å². The highest BCUT2D eigenvalue weighted by Gasteiger charge is 2.34. The fraction of sp³-hybridized carbons (Fsp3) is 0.316. The second kappa shape index (κ2) is 8.18. The molecule has 0 radical (unpaired) electrons. The fourth-order valence-electron chi connectivity index (χ4n) is 2.86. The van der Waals surface area contributed by atoms with Crippen molar-refractivity contribution in [1.29, 1.82) is 0 Å². The van der Waals surface area contributed by atoms with Gasteiger partial charge in [0.15, 0.2) is 0 Å². The minimum Gasteiger partial charge on any atom is -0.353 e. The highest BCUT2D eigenvalue weighted by atomic mass is 35.5. The zero-order chi connectivity index (χ0) is 20.3. The number of rotatable bonds is 3. The zero-order valence-corrected chi connectivity index (χ0v) is 15.8. The van der Waals surface area contributed by atoms with E-state index < -0.39 is 11.9 Å². The molecule has 28 heavy (non-hydrogen) atoms. The number of halogens is 4. The van der Waals surface area contributed by atoms with Crippen molar-refractivity contribution in [3.63, 3.8) is 0 Å². The first kappa shape index (κ1) is 20.1. The first-order valence-electron chi connectivity index (χ1n) is 8.63. The molecule has 0 N–H and O–H groups in total. The summed E-state index contributed by atoms with van der Waals surface area (Å²) >= 11 is 5.83. The summed E-state index contributed by atoms with van der Waals surface area (Å²) < 4.78 is 38.9. The Morgan fingerprint density at radius 2 is 1.75 bits per heavy atom. The largest absolute Gasteiger partial charge is 0.433 e. The van der Waals surface area contributed by atoms with Gasteiger partial charge in [0, 0.05) is 43.3 Å². The number of amides is 1. The highest BCUT2D eigenvalue weighted by molar-refractivity contribution is 6.30. The number of aryl methyl sites for hydroxylation is 1. The minimum absolute atomic E-state index is 0.0641. The van der Waals surface area contributed by atoms with E-state index in [0.717, 1.165) is 11.6 Å². The maximum absolute atomic E-state index is 13.0. The Kier molecular flexibility index (Phi) is 5.88. The van der Waals surface area contributed by atoms with Gasteiger partial charge in [0.2, 0.25) is 5.91 Å². The Morgan fingerprint density at radius 3 is 2.36 bits per heavy atom.